The topological polar surface area (TPSA) is 98.5 Å². The van der Waals surface area contributed by atoms with Crippen LogP contribution >= 0.6 is 0 Å². The monoisotopic (exact) mass is 384 g/mol. The molecule has 28 heavy (non-hydrogen) atoms. The van der Waals surface area contributed by atoms with Crippen molar-refractivity contribution in [2.45, 2.75) is 33.1 Å². The molecule has 1 amide bonds. The van der Waals surface area contributed by atoms with Gasteiger partial charge in [0.15, 0.2) is 6.61 Å². The molecule has 0 aliphatic carbocycles. The smallest absolute Gasteiger partial charge is 0.338 e. The molecule has 0 aliphatic heterocycles. The van der Waals surface area contributed by atoms with Gasteiger partial charge in [-0.05, 0) is 42.5 Å². The van der Waals surface area contributed by atoms with Crippen LogP contribution in [0, 0.1) is 17.0 Å². The summed E-state index contributed by atoms with van der Waals surface area (Å²) in [6.07, 6.45) is 0.680. The number of esters is 1. The number of nitro groups is 1. The number of carbonyl (C=O) groups is 2. The minimum absolute atomic E-state index is 0.0734. The molecule has 2 rings (SSSR count). The Kier molecular flexibility index (Phi) is 7.26. The van der Waals surface area contributed by atoms with Crippen molar-refractivity contribution in [1.29, 1.82) is 0 Å². The van der Waals surface area contributed by atoms with Crippen LogP contribution in [0.3, 0.4) is 0 Å². The molecule has 7 heteroatoms. The van der Waals surface area contributed by atoms with Crippen LogP contribution in [0.5, 0.6) is 0 Å². The van der Waals surface area contributed by atoms with Crippen molar-refractivity contribution >= 4 is 17.6 Å². The van der Waals surface area contributed by atoms with Crippen LogP contribution in [0.25, 0.3) is 0 Å². The second-order valence-corrected chi connectivity index (χ2v) is 6.83. The third kappa shape index (κ3) is 5.90. The van der Waals surface area contributed by atoms with Gasteiger partial charge in [0.1, 0.15) is 0 Å². The molecule has 7 nitrogen and oxygen atoms in total. The fourth-order valence-corrected chi connectivity index (χ4v) is 2.67. The highest BCUT2D eigenvalue weighted by atomic mass is 16.6. The fraction of sp³-hybridized carbons (Fsp3) is 0.333. The molecule has 0 aliphatic rings. The van der Waals surface area contributed by atoms with Gasteiger partial charge in [-0.15, -0.1) is 0 Å². The summed E-state index contributed by atoms with van der Waals surface area (Å²) in [6.45, 7) is 5.84. The van der Waals surface area contributed by atoms with Crippen LogP contribution in [-0.2, 0) is 16.0 Å². The lowest BCUT2D eigenvalue weighted by molar-refractivity contribution is -0.385. The lowest BCUT2D eigenvalue weighted by Crippen LogP contribution is -2.30. The van der Waals surface area contributed by atoms with Crippen LogP contribution in [0.2, 0.25) is 0 Å². The average Bonchev–Trinajstić information content (AvgIpc) is 2.66. The van der Waals surface area contributed by atoms with Crippen LogP contribution in [0.15, 0.2) is 42.5 Å². The first-order valence-electron chi connectivity index (χ1n) is 9.05. The van der Waals surface area contributed by atoms with Crippen molar-refractivity contribution in [1.82, 2.24) is 5.32 Å². The summed E-state index contributed by atoms with van der Waals surface area (Å²) in [6, 6.07) is 12.2. The molecule has 0 radical (unpaired) electrons. The lowest BCUT2D eigenvalue weighted by atomic mass is 10.0. The van der Waals surface area contributed by atoms with Gasteiger partial charge in [0, 0.05) is 18.2 Å². The Hall–Kier alpha value is -3.22. The zero-order valence-corrected chi connectivity index (χ0v) is 16.2. The maximum atomic E-state index is 12.0. The molecule has 0 saturated heterocycles. The van der Waals surface area contributed by atoms with Crippen LogP contribution in [0.4, 0.5) is 5.69 Å². The maximum absolute atomic E-state index is 12.0. The first kappa shape index (κ1) is 21.1. The molecule has 2 aromatic carbocycles. The Bertz CT molecular complexity index is 860. The highest BCUT2D eigenvalue weighted by molar-refractivity contribution is 5.91. The Balaban J connectivity index is 1.76. The standard InChI is InChI=1S/C21H24N2O5/c1-14(2)17-6-4-16(5-7-17)10-11-22-20(24)13-28-21(25)18-8-9-19(23(26)27)15(3)12-18/h4-9,12,14H,10-11,13H2,1-3H3,(H,22,24). The summed E-state index contributed by atoms with van der Waals surface area (Å²) in [5.74, 6) is -0.619. The molecule has 0 spiro atoms. The molecule has 0 bridgehead atoms. The minimum atomic E-state index is -0.697. The lowest BCUT2D eigenvalue weighted by Gasteiger charge is -2.09. The quantitative estimate of drug-likeness (QED) is 0.426. The molecule has 0 unspecified atom stereocenters. The summed E-state index contributed by atoms with van der Waals surface area (Å²) >= 11 is 0. The molecule has 0 aromatic heterocycles. The van der Waals surface area contributed by atoms with Crippen molar-refractivity contribution in [3.8, 4) is 0 Å². The summed E-state index contributed by atoms with van der Waals surface area (Å²) in [5, 5.41) is 13.5. The first-order chi connectivity index (χ1) is 13.3. The van der Waals surface area contributed by atoms with Crippen LogP contribution in [-0.4, -0.2) is 30.0 Å². The SMILES string of the molecule is Cc1cc(C(=O)OCC(=O)NCCc2ccc(C(C)C)cc2)ccc1[N+](=O)[O-]. The third-order valence-electron chi connectivity index (χ3n) is 4.35. The largest absolute Gasteiger partial charge is 0.452 e. The number of aryl methyl sites for hydroxylation is 1. The van der Waals surface area contributed by atoms with Gasteiger partial charge in [0.2, 0.25) is 0 Å². The Morgan fingerprint density at radius 2 is 1.82 bits per heavy atom. The molecular formula is C21H24N2O5. The Labute approximate surface area is 163 Å². The fourth-order valence-electron chi connectivity index (χ4n) is 2.67. The Morgan fingerprint density at radius 3 is 2.39 bits per heavy atom. The van der Waals surface area contributed by atoms with Gasteiger partial charge in [0.05, 0.1) is 10.5 Å². The minimum Gasteiger partial charge on any atom is -0.452 e. The zero-order valence-electron chi connectivity index (χ0n) is 16.2. The van der Waals surface area contributed by atoms with E-state index in [1.165, 1.54) is 30.7 Å². The molecule has 148 valence electrons. The van der Waals surface area contributed by atoms with Crippen molar-refractivity contribution in [2.24, 2.45) is 0 Å². The third-order valence-corrected chi connectivity index (χ3v) is 4.35. The van der Waals surface area contributed by atoms with E-state index in [1.807, 2.05) is 12.1 Å². The summed E-state index contributed by atoms with van der Waals surface area (Å²) < 4.78 is 4.97. The van der Waals surface area contributed by atoms with E-state index in [2.05, 4.69) is 31.3 Å². The second kappa shape index (κ2) is 9.64. The van der Waals surface area contributed by atoms with Crippen LogP contribution in [0.1, 0.15) is 46.8 Å². The predicted octanol–water partition coefficient (Wildman–Crippen LogP) is 3.54. The van der Waals surface area contributed by atoms with Crippen molar-refractivity contribution in [3.05, 3.63) is 74.8 Å². The van der Waals surface area contributed by atoms with E-state index in [4.69, 9.17) is 4.74 Å². The summed E-state index contributed by atoms with van der Waals surface area (Å²) in [5.41, 5.74) is 2.83. The predicted molar refractivity (Wildman–Crippen MR) is 105 cm³/mol. The molecule has 0 fully saturated rings. The Morgan fingerprint density at radius 1 is 1.14 bits per heavy atom. The highest BCUT2D eigenvalue weighted by Gasteiger charge is 2.15. The van der Waals surface area contributed by atoms with E-state index in [-0.39, 0.29) is 11.3 Å². The maximum Gasteiger partial charge on any atom is 0.338 e. The number of ether oxygens (including phenoxy) is 1. The van der Waals surface area contributed by atoms with E-state index in [9.17, 15) is 19.7 Å². The number of carbonyl (C=O) groups excluding carboxylic acids is 2. The normalized spacial score (nSPS) is 10.6. The van der Waals surface area contributed by atoms with E-state index in [1.54, 1.807) is 0 Å². The van der Waals surface area contributed by atoms with Gasteiger partial charge in [-0.3, -0.25) is 14.9 Å². The molecule has 0 atom stereocenters. The average molecular weight is 384 g/mol. The van der Waals surface area contributed by atoms with Crippen molar-refractivity contribution < 1.29 is 19.2 Å². The van der Waals surface area contributed by atoms with E-state index in [0.717, 1.165) is 5.56 Å². The molecule has 0 heterocycles. The molecule has 2 aromatic rings. The molecule has 1 N–H and O–H groups in total. The van der Waals surface area contributed by atoms with Gasteiger partial charge in [-0.25, -0.2) is 4.79 Å². The highest BCUT2D eigenvalue weighted by Crippen LogP contribution is 2.19. The van der Waals surface area contributed by atoms with E-state index in [0.29, 0.717) is 24.4 Å². The number of nitro benzene ring substituents is 1. The number of hydrogen-bond acceptors (Lipinski definition) is 5. The summed E-state index contributed by atoms with van der Waals surface area (Å²) in [7, 11) is 0. The number of hydrogen-bond donors (Lipinski definition) is 1. The molecular weight excluding hydrogens is 360 g/mol. The van der Waals surface area contributed by atoms with Crippen molar-refractivity contribution in [2.75, 3.05) is 13.2 Å². The number of benzene rings is 2. The number of nitrogens with zero attached hydrogens (tertiary/aromatic N) is 1. The van der Waals surface area contributed by atoms with Crippen LogP contribution < -0.4 is 5.32 Å². The summed E-state index contributed by atoms with van der Waals surface area (Å²) in [4.78, 5) is 34.1. The van der Waals surface area contributed by atoms with Gasteiger partial charge in [-0.1, -0.05) is 38.1 Å². The first-order valence-corrected chi connectivity index (χ1v) is 9.05. The van der Waals surface area contributed by atoms with E-state index < -0.39 is 23.4 Å². The number of nitrogens with one attached hydrogen (secondary N) is 1. The number of rotatable bonds is 8. The molecule has 0 saturated carbocycles. The van der Waals surface area contributed by atoms with Gasteiger partial charge < -0.3 is 10.1 Å². The van der Waals surface area contributed by atoms with Gasteiger partial charge in [-0.2, -0.15) is 0 Å². The van der Waals surface area contributed by atoms with Gasteiger partial charge >= 0.3 is 5.97 Å². The number of amides is 1. The van der Waals surface area contributed by atoms with Gasteiger partial charge in [0.25, 0.3) is 11.6 Å². The van der Waals surface area contributed by atoms with E-state index >= 15 is 0 Å². The second-order valence-electron chi connectivity index (χ2n) is 6.83. The van der Waals surface area contributed by atoms with Crippen molar-refractivity contribution in [3.63, 3.8) is 0 Å². The zero-order chi connectivity index (χ0) is 20.7.